The lowest BCUT2D eigenvalue weighted by Gasteiger charge is -2.16. The first kappa shape index (κ1) is 17.8. The molecule has 0 saturated carbocycles. The molecule has 23 heavy (non-hydrogen) atoms. The summed E-state index contributed by atoms with van der Waals surface area (Å²) in [6.45, 7) is 7.60. The van der Waals surface area contributed by atoms with Gasteiger partial charge in [-0.25, -0.2) is 4.79 Å². The van der Waals surface area contributed by atoms with E-state index >= 15 is 0 Å². The molecule has 0 radical (unpaired) electrons. The lowest BCUT2D eigenvalue weighted by molar-refractivity contribution is 0.126. The average molecular weight is 319 g/mol. The molecule has 2 rings (SSSR count). The van der Waals surface area contributed by atoms with Crippen LogP contribution >= 0.6 is 0 Å². The molecule has 1 aromatic rings. The highest BCUT2D eigenvalue weighted by atomic mass is 16.3. The third kappa shape index (κ3) is 6.20. The van der Waals surface area contributed by atoms with E-state index in [1.165, 1.54) is 31.5 Å². The van der Waals surface area contributed by atoms with Crippen molar-refractivity contribution >= 4 is 11.7 Å². The summed E-state index contributed by atoms with van der Waals surface area (Å²) < 4.78 is 0. The zero-order valence-corrected chi connectivity index (χ0v) is 14.2. The van der Waals surface area contributed by atoms with Crippen LogP contribution in [0.4, 0.5) is 10.5 Å². The lowest BCUT2D eigenvalue weighted by atomic mass is 10.1. The van der Waals surface area contributed by atoms with Gasteiger partial charge in [-0.1, -0.05) is 26.0 Å². The van der Waals surface area contributed by atoms with Crippen molar-refractivity contribution in [3.63, 3.8) is 0 Å². The lowest BCUT2D eigenvalue weighted by Crippen LogP contribution is -2.37. The molecule has 2 amide bonds. The van der Waals surface area contributed by atoms with Crippen molar-refractivity contribution in [2.75, 3.05) is 31.5 Å². The van der Waals surface area contributed by atoms with Crippen LogP contribution in [0.5, 0.6) is 0 Å². The Morgan fingerprint density at radius 1 is 1.30 bits per heavy atom. The van der Waals surface area contributed by atoms with Crippen LogP contribution in [0.1, 0.15) is 32.3 Å². The maximum Gasteiger partial charge on any atom is 0.319 e. The highest BCUT2D eigenvalue weighted by Crippen LogP contribution is 2.13. The highest BCUT2D eigenvalue weighted by molar-refractivity contribution is 5.89. The molecule has 0 bridgehead atoms. The number of amides is 2. The Kier molecular flexibility index (Phi) is 6.86. The van der Waals surface area contributed by atoms with Gasteiger partial charge in [0.05, 0.1) is 6.10 Å². The number of urea groups is 1. The van der Waals surface area contributed by atoms with Crippen molar-refractivity contribution in [1.82, 2.24) is 10.2 Å². The second-order valence-corrected chi connectivity index (χ2v) is 6.65. The van der Waals surface area contributed by atoms with Gasteiger partial charge in [0, 0.05) is 18.8 Å². The van der Waals surface area contributed by atoms with Crippen molar-refractivity contribution in [3.05, 3.63) is 29.8 Å². The fourth-order valence-electron chi connectivity index (χ4n) is 2.71. The minimum absolute atomic E-state index is 0.129. The number of carbonyl (C=O) groups is 1. The van der Waals surface area contributed by atoms with Crippen LogP contribution in [0.2, 0.25) is 0 Å². The molecule has 1 atom stereocenters. The van der Waals surface area contributed by atoms with E-state index in [9.17, 15) is 9.90 Å². The molecule has 1 aliphatic heterocycles. The molecule has 0 aromatic heterocycles. The number of hydrogen-bond acceptors (Lipinski definition) is 3. The molecule has 3 N–H and O–H groups in total. The van der Waals surface area contributed by atoms with Crippen molar-refractivity contribution < 1.29 is 9.90 Å². The first-order valence-corrected chi connectivity index (χ1v) is 8.59. The summed E-state index contributed by atoms with van der Waals surface area (Å²) in [4.78, 5) is 14.4. The van der Waals surface area contributed by atoms with Gasteiger partial charge < -0.3 is 20.6 Å². The Labute approximate surface area is 139 Å². The molecule has 5 nitrogen and oxygen atoms in total. The van der Waals surface area contributed by atoms with E-state index < -0.39 is 6.10 Å². The number of anilines is 1. The van der Waals surface area contributed by atoms with Gasteiger partial charge in [-0.15, -0.1) is 0 Å². The van der Waals surface area contributed by atoms with E-state index in [0.717, 1.165) is 18.7 Å². The largest absolute Gasteiger partial charge is 0.391 e. The van der Waals surface area contributed by atoms with Crippen LogP contribution in [0.25, 0.3) is 0 Å². The zero-order chi connectivity index (χ0) is 16.7. The molecule has 0 aliphatic carbocycles. The van der Waals surface area contributed by atoms with Crippen molar-refractivity contribution in [3.8, 4) is 0 Å². The van der Waals surface area contributed by atoms with Crippen LogP contribution < -0.4 is 10.6 Å². The van der Waals surface area contributed by atoms with E-state index in [2.05, 4.69) is 21.6 Å². The van der Waals surface area contributed by atoms with Gasteiger partial charge in [-0.2, -0.15) is 0 Å². The number of rotatable bonds is 7. The normalized spacial score (nSPS) is 16.5. The molecule has 0 spiro atoms. The number of nitrogens with one attached hydrogen (secondary N) is 2. The van der Waals surface area contributed by atoms with Crippen LogP contribution in [0.3, 0.4) is 0 Å². The van der Waals surface area contributed by atoms with Gasteiger partial charge in [-0.3, -0.25) is 0 Å². The predicted molar refractivity (Wildman–Crippen MR) is 93.7 cm³/mol. The molecule has 1 aliphatic rings. The standard InChI is InChI=1S/C18H29N3O2/c1-14(2)17(22)13-19-18(23)20-16-7-5-6-15(12-16)8-11-21-9-3-4-10-21/h5-7,12,14,17,22H,3-4,8-11,13H2,1-2H3,(H2,19,20,23). The van der Waals surface area contributed by atoms with Gasteiger partial charge in [0.15, 0.2) is 0 Å². The molecule has 1 unspecified atom stereocenters. The summed E-state index contributed by atoms with van der Waals surface area (Å²) in [6.07, 6.45) is 3.10. The molecular formula is C18H29N3O2. The predicted octanol–water partition coefficient (Wildman–Crippen LogP) is 2.46. The fraction of sp³-hybridized carbons (Fsp3) is 0.611. The van der Waals surface area contributed by atoms with Gasteiger partial charge in [0.2, 0.25) is 0 Å². The van der Waals surface area contributed by atoms with E-state index in [4.69, 9.17) is 0 Å². The van der Waals surface area contributed by atoms with Gasteiger partial charge in [-0.05, 0) is 56.0 Å². The Balaban J connectivity index is 1.78. The SMILES string of the molecule is CC(C)C(O)CNC(=O)Nc1cccc(CCN2CCCC2)c1. The number of benzene rings is 1. The Morgan fingerprint density at radius 2 is 2.04 bits per heavy atom. The van der Waals surface area contributed by atoms with E-state index in [-0.39, 0.29) is 18.5 Å². The number of likely N-dealkylation sites (tertiary alicyclic amines) is 1. The van der Waals surface area contributed by atoms with Crippen LogP contribution in [-0.4, -0.2) is 48.3 Å². The monoisotopic (exact) mass is 319 g/mol. The first-order chi connectivity index (χ1) is 11.0. The highest BCUT2D eigenvalue weighted by Gasteiger charge is 2.12. The second kappa shape index (κ2) is 8.89. The summed E-state index contributed by atoms with van der Waals surface area (Å²) in [7, 11) is 0. The first-order valence-electron chi connectivity index (χ1n) is 8.59. The maximum atomic E-state index is 11.9. The number of aliphatic hydroxyl groups excluding tert-OH is 1. The van der Waals surface area contributed by atoms with Crippen LogP contribution in [0.15, 0.2) is 24.3 Å². The van der Waals surface area contributed by atoms with E-state index in [1.54, 1.807) is 0 Å². The summed E-state index contributed by atoms with van der Waals surface area (Å²) in [5.74, 6) is 0.129. The van der Waals surface area contributed by atoms with Gasteiger partial charge in [0.1, 0.15) is 0 Å². The van der Waals surface area contributed by atoms with Crippen LogP contribution in [-0.2, 0) is 6.42 Å². The molecular weight excluding hydrogens is 290 g/mol. The Hall–Kier alpha value is -1.59. The van der Waals surface area contributed by atoms with Crippen molar-refractivity contribution in [2.45, 2.75) is 39.2 Å². The minimum atomic E-state index is -0.521. The van der Waals surface area contributed by atoms with Crippen LogP contribution in [0, 0.1) is 5.92 Å². The molecule has 128 valence electrons. The van der Waals surface area contributed by atoms with Crippen molar-refractivity contribution in [1.29, 1.82) is 0 Å². The number of nitrogens with zero attached hydrogens (tertiary/aromatic N) is 1. The summed E-state index contributed by atoms with van der Waals surface area (Å²) >= 11 is 0. The topological polar surface area (TPSA) is 64.6 Å². The summed E-state index contributed by atoms with van der Waals surface area (Å²) in [5, 5.41) is 15.2. The zero-order valence-electron chi connectivity index (χ0n) is 14.2. The molecule has 1 aromatic carbocycles. The second-order valence-electron chi connectivity index (χ2n) is 6.65. The molecule has 5 heteroatoms. The number of hydrogen-bond donors (Lipinski definition) is 3. The molecule has 1 saturated heterocycles. The smallest absolute Gasteiger partial charge is 0.319 e. The fourth-order valence-corrected chi connectivity index (χ4v) is 2.71. The Morgan fingerprint density at radius 3 is 2.74 bits per heavy atom. The number of aliphatic hydroxyl groups is 1. The van der Waals surface area contributed by atoms with Gasteiger partial charge in [0.25, 0.3) is 0 Å². The van der Waals surface area contributed by atoms with Crippen molar-refractivity contribution in [2.24, 2.45) is 5.92 Å². The average Bonchev–Trinajstić information content (AvgIpc) is 3.04. The summed E-state index contributed by atoms with van der Waals surface area (Å²) in [6, 6.07) is 7.70. The number of carbonyl (C=O) groups excluding carboxylic acids is 1. The third-order valence-corrected chi connectivity index (χ3v) is 4.34. The maximum absolute atomic E-state index is 11.9. The van der Waals surface area contributed by atoms with E-state index in [1.807, 2.05) is 32.0 Å². The van der Waals surface area contributed by atoms with Gasteiger partial charge >= 0.3 is 6.03 Å². The van der Waals surface area contributed by atoms with E-state index in [0.29, 0.717) is 0 Å². The minimum Gasteiger partial charge on any atom is -0.391 e. The Bertz CT molecular complexity index is 499. The summed E-state index contributed by atoms with van der Waals surface area (Å²) in [5.41, 5.74) is 2.03. The third-order valence-electron chi connectivity index (χ3n) is 4.34. The molecule has 1 fully saturated rings. The molecule has 1 heterocycles. The quantitative estimate of drug-likeness (QED) is 0.723.